The minimum Gasteiger partial charge on any atom is -0.406 e. The molecule has 4 rings (SSSR count). The highest BCUT2D eigenvalue weighted by Crippen LogP contribution is 2.31. The molecule has 2 aromatic heterocycles. The van der Waals surface area contributed by atoms with Gasteiger partial charge in [-0.3, -0.25) is 4.79 Å². The van der Waals surface area contributed by atoms with Crippen LogP contribution in [0.2, 0.25) is 5.02 Å². The maximum atomic E-state index is 12.9. The number of benzene rings is 2. The zero-order valence-electron chi connectivity index (χ0n) is 14.7. The number of aromatic nitrogens is 3. The van der Waals surface area contributed by atoms with Gasteiger partial charge in [0.15, 0.2) is 5.52 Å². The summed E-state index contributed by atoms with van der Waals surface area (Å²) in [7, 11) is 0. The van der Waals surface area contributed by atoms with Gasteiger partial charge in [0.25, 0.3) is 5.56 Å². The molecule has 0 amide bonds. The summed E-state index contributed by atoms with van der Waals surface area (Å²) in [4.78, 5) is 17.2. The Kier molecular flexibility index (Phi) is 4.79. The second kappa shape index (κ2) is 7.16. The quantitative estimate of drug-likeness (QED) is 0.432. The number of aryl methyl sites for hydroxylation is 1. The van der Waals surface area contributed by atoms with E-state index in [0.29, 0.717) is 20.4 Å². The van der Waals surface area contributed by atoms with Crippen LogP contribution in [0.25, 0.3) is 27.2 Å². The van der Waals surface area contributed by atoms with Crippen LogP contribution < -0.4 is 10.3 Å². The van der Waals surface area contributed by atoms with Gasteiger partial charge in [-0.2, -0.15) is 9.78 Å². The van der Waals surface area contributed by atoms with E-state index in [-0.39, 0.29) is 11.2 Å². The van der Waals surface area contributed by atoms with E-state index in [1.165, 1.54) is 23.5 Å². The van der Waals surface area contributed by atoms with Gasteiger partial charge in [-0.1, -0.05) is 23.7 Å². The topological polar surface area (TPSA) is 57.0 Å². The maximum Gasteiger partial charge on any atom is 0.573 e. The smallest absolute Gasteiger partial charge is 0.406 e. The molecule has 2 aromatic carbocycles. The molecule has 10 heteroatoms. The summed E-state index contributed by atoms with van der Waals surface area (Å²) in [5.74, 6) is -0.391. The second-order valence-corrected chi connectivity index (χ2v) is 7.66. The molecule has 0 atom stereocenters. The number of thiazole rings is 1. The van der Waals surface area contributed by atoms with Crippen LogP contribution in [0.5, 0.6) is 5.75 Å². The number of alkyl halides is 3. The summed E-state index contributed by atoms with van der Waals surface area (Å²) in [6, 6.07) is 11.8. The van der Waals surface area contributed by atoms with Gasteiger partial charge in [-0.25, -0.2) is 4.98 Å². The Balaban J connectivity index is 1.88. The third kappa shape index (κ3) is 3.96. The molecule has 0 unspecified atom stereocenters. The Labute approximate surface area is 171 Å². The summed E-state index contributed by atoms with van der Waals surface area (Å²) < 4.78 is 42.7. The van der Waals surface area contributed by atoms with Crippen molar-refractivity contribution in [1.82, 2.24) is 14.8 Å². The van der Waals surface area contributed by atoms with Crippen molar-refractivity contribution in [3.63, 3.8) is 0 Å². The van der Waals surface area contributed by atoms with Gasteiger partial charge >= 0.3 is 6.36 Å². The summed E-state index contributed by atoms with van der Waals surface area (Å²) in [5.41, 5.74) is 1.31. The number of fused-ring (bicyclic) bond motifs is 1. The fraction of sp³-hybridized carbons (Fsp3) is 0.105. The summed E-state index contributed by atoms with van der Waals surface area (Å²) >= 11 is 7.30. The number of ether oxygens (including phenoxy) is 1. The van der Waals surface area contributed by atoms with Gasteiger partial charge in [-0.05, 0) is 43.3 Å². The van der Waals surface area contributed by atoms with Crippen LogP contribution in [0.1, 0.15) is 5.01 Å². The van der Waals surface area contributed by atoms with E-state index in [2.05, 4.69) is 14.8 Å². The minimum atomic E-state index is -4.80. The Morgan fingerprint density at radius 2 is 1.72 bits per heavy atom. The molecule has 0 N–H and O–H groups in total. The number of hydrogen-bond donors (Lipinski definition) is 0. The highest BCUT2D eigenvalue weighted by Gasteiger charge is 2.31. The summed E-state index contributed by atoms with van der Waals surface area (Å²) in [6.45, 7) is 1.78. The van der Waals surface area contributed by atoms with Crippen LogP contribution in [0.15, 0.2) is 53.3 Å². The first kappa shape index (κ1) is 19.4. The molecular weight excluding hydrogens is 427 g/mol. The van der Waals surface area contributed by atoms with Gasteiger partial charge in [0.2, 0.25) is 0 Å². The molecule has 2 heterocycles. The molecule has 0 saturated heterocycles. The predicted octanol–water partition coefficient (Wildman–Crippen LogP) is 5.37. The fourth-order valence-electron chi connectivity index (χ4n) is 2.78. The van der Waals surface area contributed by atoms with E-state index in [1.54, 1.807) is 31.2 Å². The number of hydrogen-bond acceptors (Lipinski definition) is 5. The van der Waals surface area contributed by atoms with E-state index >= 15 is 0 Å². The number of rotatable bonds is 3. The zero-order chi connectivity index (χ0) is 20.8. The first-order valence-electron chi connectivity index (χ1n) is 8.24. The molecule has 5 nitrogen and oxygen atoms in total. The third-order valence-corrected chi connectivity index (χ3v) is 5.21. The summed E-state index contributed by atoms with van der Waals surface area (Å²) in [5, 5.41) is 5.71. The lowest BCUT2D eigenvalue weighted by Gasteiger charge is -2.11. The van der Waals surface area contributed by atoms with Crippen LogP contribution in [0.3, 0.4) is 0 Å². The normalized spacial score (nSPS) is 11.8. The monoisotopic (exact) mass is 437 g/mol. The molecule has 0 aliphatic rings. The van der Waals surface area contributed by atoms with Crippen molar-refractivity contribution in [3.8, 4) is 22.7 Å². The predicted molar refractivity (Wildman–Crippen MR) is 105 cm³/mol. The van der Waals surface area contributed by atoms with Crippen molar-refractivity contribution >= 4 is 33.2 Å². The van der Waals surface area contributed by atoms with E-state index in [4.69, 9.17) is 11.6 Å². The van der Waals surface area contributed by atoms with Crippen molar-refractivity contribution in [2.45, 2.75) is 13.3 Å². The van der Waals surface area contributed by atoms with Crippen molar-refractivity contribution < 1.29 is 17.9 Å². The van der Waals surface area contributed by atoms with Crippen LogP contribution in [-0.4, -0.2) is 21.1 Å². The fourth-order valence-corrected chi connectivity index (χ4v) is 3.83. The third-order valence-electron chi connectivity index (χ3n) is 3.98. The molecule has 0 aliphatic heterocycles. The van der Waals surface area contributed by atoms with Crippen LogP contribution in [0.4, 0.5) is 13.2 Å². The lowest BCUT2D eigenvalue weighted by atomic mass is 10.1. The first-order valence-corrected chi connectivity index (χ1v) is 9.43. The Morgan fingerprint density at radius 1 is 1.07 bits per heavy atom. The van der Waals surface area contributed by atoms with E-state index in [0.717, 1.165) is 22.4 Å². The van der Waals surface area contributed by atoms with Crippen LogP contribution >= 0.6 is 22.9 Å². The Bertz CT molecular complexity index is 1250. The van der Waals surface area contributed by atoms with Gasteiger partial charge in [0, 0.05) is 10.6 Å². The SMILES string of the molecule is Cc1nc2c(=O)n(-c3ccc(OC(F)(F)F)cc3)nc(-c3ccc(Cl)cc3)c2s1. The molecule has 29 heavy (non-hydrogen) atoms. The highest BCUT2D eigenvalue weighted by molar-refractivity contribution is 7.19. The van der Waals surface area contributed by atoms with Crippen molar-refractivity contribution in [2.75, 3.05) is 0 Å². The molecule has 0 saturated carbocycles. The average molecular weight is 438 g/mol. The molecule has 0 fully saturated rings. The molecular formula is C19H11ClF3N3O2S. The van der Waals surface area contributed by atoms with E-state index in [1.807, 2.05) is 0 Å². The minimum absolute atomic E-state index is 0.239. The standard InChI is InChI=1S/C19H11ClF3N3O2S/c1-10-24-16-17(29-10)15(11-2-4-12(20)5-3-11)25-26(18(16)27)13-6-8-14(9-7-13)28-19(21,22)23/h2-9H,1H3. The van der Waals surface area contributed by atoms with Gasteiger partial charge in [0.1, 0.15) is 11.4 Å². The molecule has 0 radical (unpaired) electrons. The lowest BCUT2D eigenvalue weighted by molar-refractivity contribution is -0.274. The van der Waals surface area contributed by atoms with Crippen molar-refractivity contribution in [3.05, 3.63) is 68.9 Å². The van der Waals surface area contributed by atoms with Gasteiger partial charge in [0.05, 0.1) is 15.4 Å². The lowest BCUT2D eigenvalue weighted by Crippen LogP contribution is -2.22. The van der Waals surface area contributed by atoms with E-state index < -0.39 is 17.7 Å². The van der Waals surface area contributed by atoms with Gasteiger partial charge < -0.3 is 4.74 Å². The van der Waals surface area contributed by atoms with Crippen LogP contribution in [-0.2, 0) is 0 Å². The molecule has 4 aromatic rings. The first-order chi connectivity index (χ1) is 13.7. The molecule has 0 spiro atoms. The largest absolute Gasteiger partial charge is 0.573 e. The van der Waals surface area contributed by atoms with Crippen molar-refractivity contribution in [1.29, 1.82) is 0 Å². The second-order valence-electron chi connectivity index (χ2n) is 6.02. The van der Waals surface area contributed by atoms with E-state index in [9.17, 15) is 18.0 Å². The Hall–Kier alpha value is -2.91. The van der Waals surface area contributed by atoms with Gasteiger partial charge in [-0.15, -0.1) is 24.5 Å². The number of nitrogens with zero attached hydrogens (tertiary/aromatic N) is 3. The summed E-state index contributed by atoms with van der Waals surface area (Å²) in [6.07, 6.45) is -4.80. The number of halogens is 4. The molecule has 148 valence electrons. The zero-order valence-corrected chi connectivity index (χ0v) is 16.3. The Morgan fingerprint density at radius 3 is 2.34 bits per heavy atom. The highest BCUT2D eigenvalue weighted by atomic mass is 35.5. The molecule has 0 aliphatic carbocycles. The average Bonchev–Trinajstić information content (AvgIpc) is 3.05. The van der Waals surface area contributed by atoms with Crippen molar-refractivity contribution in [2.24, 2.45) is 0 Å². The van der Waals surface area contributed by atoms with Crippen LogP contribution in [0, 0.1) is 6.92 Å². The maximum absolute atomic E-state index is 12.9. The molecule has 0 bridgehead atoms.